The van der Waals surface area contributed by atoms with E-state index in [0.717, 1.165) is 9.96 Å². The fraction of sp³-hybridized carbons (Fsp3) is 0.500. The molecule has 0 aromatic carbocycles. The van der Waals surface area contributed by atoms with Crippen LogP contribution < -0.4 is 0 Å². The number of rotatable bonds is 7. The summed E-state index contributed by atoms with van der Waals surface area (Å²) in [6.07, 6.45) is 2.75. The Kier molecular flexibility index (Phi) is 4.59. The second-order valence-corrected chi connectivity index (χ2v) is 4.19. The summed E-state index contributed by atoms with van der Waals surface area (Å²) in [6, 6.07) is 0. The number of hydrogen-bond donors (Lipinski definition) is 0. The van der Waals surface area contributed by atoms with E-state index in [4.69, 9.17) is 9.57 Å². The van der Waals surface area contributed by atoms with Crippen LogP contribution in [-0.4, -0.2) is 60.0 Å². The molecule has 108 valence electrons. The number of imide groups is 2. The molecular formula is C12H14N2O6. The number of amides is 4. The van der Waals surface area contributed by atoms with E-state index in [9.17, 15) is 19.2 Å². The van der Waals surface area contributed by atoms with E-state index in [1.807, 2.05) is 0 Å². The highest BCUT2D eigenvalue weighted by Gasteiger charge is 2.30. The zero-order chi connectivity index (χ0) is 14.5. The van der Waals surface area contributed by atoms with Crippen LogP contribution in [0.2, 0.25) is 0 Å². The summed E-state index contributed by atoms with van der Waals surface area (Å²) < 4.78 is 5.17. The first-order chi connectivity index (χ1) is 9.59. The maximum atomic E-state index is 11.2. The molecule has 0 aliphatic carbocycles. The molecule has 1 fully saturated rings. The lowest BCUT2D eigenvalue weighted by Gasteiger charge is -2.15. The Bertz CT molecular complexity index is 433. The van der Waals surface area contributed by atoms with Crippen LogP contribution in [0, 0.1) is 0 Å². The molecule has 0 aromatic rings. The molecule has 0 saturated carbocycles. The standard InChI is InChI=1S/C12H14N2O6/c15-9-1-2-10(16)13(9)5-6-19-7-8-20-14-11(17)3-4-12(14)18/h1-2H,3-8H2. The minimum Gasteiger partial charge on any atom is -0.377 e. The third-order valence-corrected chi connectivity index (χ3v) is 2.81. The summed E-state index contributed by atoms with van der Waals surface area (Å²) in [5.74, 6) is -1.42. The topological polar surface area (TPSA) is 93.2 Å². The van der Waals surface area contributed by atoms with Gasteiger partial charge in [-0.25, -0.2) is 0 Å². The number of ether oxygens (including phenoxy) is 1. The van der Waals surface area contributed by atoms with Crippen LogP contribution in [-0.2, 0) is 28.8 Å². The first kappa shape index (κ1) is 14.4. The van der Waals surface area contributed by atoms with Gasteiger partial charge in [-0.15, -0.1) is 0 Å². The smallest absolute Gasteiger partial charge is 0.253 e. The molecular weight excluding hydrogens is 268 g/mol. The van der Waals surface area contributed by atoms with Crippen LogP contribution in [0.5, 0.6) is 0 Å². The lowest BCUT2D eigenvalue weighted by atomic mass is 10.4. The molecule has 0 radical (unpaired) electrons. The van der Waals surface area contributed by atoms with E-state index >= 15 is 0 Å². The molecule has 2 rings (SSSR count). The summed E-state index contributed by atoms with van der Waals surface area (Å²) in [7, 11) is 0. The average molecular weight is 282 g/mol. The van der Waals surface area contributed by atoms with Crippen molar-refractivity contribution in [2.75, 3.05) is 26.4 Å². The minimum absolute atomic E-state index is 0.0532. The predicted octanol–water partition coefficient (Wildman–Crippen LogP) is -0.991. The van der Waals surface area contributed by atoms with Crippen LogP contribution in [0.15, 0.2) is 12.2 Å². The van der Waals surface area contributed by atoms with Crippen molar-refractivity contribution in [3.05, 3.63) is 12.2 Å². The van der Waals surface area contributed by atoms with Gasteiger partial charge in [0.05, 0.1) is 26.4 Å². The van der Waals surface area contributed by atoms with E-state index in [0.29, 0.717) is 0 Å². The molecule has 0 N–H and O–H groups in total. The second-order valence-electron chi connectivity index (χ2n) is 4.19. The fourth-order valence-electron chi connectivity index (χ4n) is 1.80. The van der Waals surface area contributed by atoms with Gasteiger partial charge in [0.2, 0.25) is 0 Å². The summed E-state index contributed by atoms with van der Waals surface area (Å²) in [5.41, 5.74) is 0. The Balaban J connectivity index is 1.56. The van der Waals surface area contributed by atoms with E-state index < -0.39 is 0 Å². The zero-order valence-electron chi connectivity index (χ0n) is 10.7. The third-order valence-electron chi connectivity index (χ3n) is 2.81. The van der Waals surface area contributed by atoms with Crippen LogP contribution >= 0.6 is 0 Å². The third kappa shape index (κ3) is 3.28. The number of carbonyl (C=O) groups is 4. The van der Waals surface area contributed by atoms with Gasteiger partial charge in [0.15, 0.2) is 0 Å². The second kappa shape index (κ2) is 6.40. The van der Waals surface area contributed by atoms with Crippen molar-refractivity contribution in [2.24, 2.45) is 0 Å². The fourth-order valence-corrected chi connectivity index (χ4v) is 1.80. The lowest BCUT2D eigenvalue weighted by molar-refractivity contribution is -0.190. The van der Waals surface area contributed by atoms with E-state index in [-0.39, 0.29) is 62.8 Å². The van der Waals surface area contributed by atoms with Crippen LogP contribution in [0.4, 0.5) is 0 Å². The molecule has 0 aromatic heterocycles. The molecule has 2 heterocycles. The van der Waals surface area contributed by atoms with Gasteiger partial charge >= 0.3 is 0 Å². The van der Waals surface area contributed by atoms with Gasteiger partial charge in [0.1, 0.15) is 0 Å². The molecule has 0 unspecified atom stereocenters. The van der Waals surface area contributed by atoms with Crippen molar-refractivity contribution in [2.45, 2.75) is 12.8 Å². The highest BCUT2D eigenvalue weighted by molar-refractivity contribution is 6.12. The van der Waals surface area contributed by atoms with Crippen molar-refractivity contribution in [1.82, 2.24) is 9.96 Å². The van der Waals surface area contributed by atoms with Gasteiger partial charge in [-0.05, 0) is 0 Å². The number of nitrogens with zero attached hydrogens (tertiary/aromatic N) is 2. The molecule has 20 heavy (non-hydrogen) atoms. The minimum atomic E-state index is -0.358. The lowest BCUT2D eigenvalue weighted by Crippen LogP contribution is -2.34. The van der Waals surface area contributed by atoms with E-state index in [1.54, 1.807) is 0 Å². The Morgan fingerprint density at radius 3 is 2.10 bits per heavy atom. The monoisotopic (exact) mass is 282 g/mol. The summed E-state index contributed by atoms with van der Waals surface area (Å²) in [4.78, 5) is 50.9. The molecule has 0 bridgehead atoms. The molecule has 8 heteroatoms. The summed E-state index contributed by atoms with van der Waals surface area (Å²) >= 11 is 0. The molecule has 0 atom stereocenters. The van der Waals surface area contributed by atoms with Crippen LogP contribution in [0.25, 0.3) is 0 Å². The maximum absolute atomic E-state index is 11.2. The highest BCUT2D eigenvalue weighted by Crippen LogP contribution is 2.11. The van der Waals surface area contributed by atoms with E-state index in [2.05, 4.69) is 0 Å². The molecule has 2 aliphatic heterocycles. The quantitative estimate of drug-likeness (QED) is 0.439. The Morgan fingerprint density at radius 2 is 1.50 bits per heavy atom. The molecule has 2 aliphatic rings. The van der Waals surface area contributed by atoms with Crippen molar-refractivity contribution in [3.63, 3.8) is 0 Å². The molecule has 8 nitrogen and oxygen atoms in total. The Hall–Kier alpha value is -2.06. The van der Waals surface area contributed by atoms with E-state index in [1.165, 1.54) is 12.2 Å². The highest BCUT2D eigenvalue weighted by atomic mass is 16.7. The first-order valence-electron chi connectivity index (χ1n) is 6.19. The largest absolute Gasteiger partial charge is 0.377 e. The van der Waals surface area contributed by atoms with Crippen molar-refractivity contribution in [1.29, 1.82) is 0 Å². The van der Waals surface area contributed by atoms with Crippen molar-refractivity contribution < 1.29 is 28.8 Å². The summed E-state index contributed by atoms with van der Waals surface area (Å²) in [6.45, 7) is 0.537. The Labute approximate surface area is 114 Å². The molecule has 0 spiro atoms. The SMILES string of the molecule is O=C1C=CC(=O)N1CCOCCON1C(=O)CCC1=O. The van der Waals surface area contributed by atoms with Gasteiger partial charge in [-0.1, -0.05) is 0 Å². The van der Waals surface area contributed by atoms with Gasteiger partial charge in [-0.2, -0.15) is 5.06 Å². The van der Waals surface area contributed by atoms with Crippen LogP contribution in [0.3, 0.4) is 0 Å². The van der Waals surface area contributed by atoms with Gasteiger partial charge < -0.3 is 4.74 Å². The average Bonchev–Trinajstić information content (AvgIpc) is 2.90. The summed E-state index contributed by atoms with van der Waals surface area (Å²) in [5, 5.41) is 0.751. The molecule has 4 amide bonds. The number of hydroxylamine groups is 2. The zero-order valence-corrected chi connectivity index (χ0v) is 10.7. The normalized spacial score (nSPS) is 18.8. The first-order valence-corrected chi connectivity index (χ1v) is 6.19. The number of carbonyl (C=O) groups excluding carboxylic acids is 4. The van der Waals surface area contributed by atoms with Gasteiger partial charge in [-0.3, -0.25) is 28.9 Å². The maximum Gasteiger partial charge on any atom is 0.253 e. The van der Waals surface area contributed by atoms with Crippen LogP contribution in [0.1, 0.15) is 12.8 Å². The van der Waals surface area contributed by atoms with Gasteiger partial charge in [0, 0.05) is 25.0 Å². The van der Waals surface area contributed by atoms with Gasteiger partial charge in [0.25, 0.3) is 23.6 Å². The Morgan fingerprint density at radius 1 is 0.900 bits per heavy atom. The van der Waals surface area contributed by atoms with Crippen molar-refractivity contribution >= 4 is 23.6 Å². The number of hydrogen-bond acceptors (Lipinski definition) is 6. The van der Waals surface area contributed by atoms with Crippen molar-refractivity contribution in [3.8, 4) is 0 Å². The predicted molar refractivity (Wildman–Crippen MR) is 63.7 cm³/mol. The molecule has 1 saturated heterocycles.